The average Bonchev–Trinajstić information content (AvgIpc) is 2.26. The van der Waals surface area contributed by atoms with Crippen LogP contribution >= 0.6 is 0 Å². The first-order chi connectivity index (χ1) is 7.15. The molecule has 0 radical (unpaired) electrons. The van der Waals surface area contributed by atoms with Crippen LogP contribution in [0.15, 0.2) is 24.3 Å². The van der Waals surface area contributed by atoms with Gasteiger partial charge in [0.2, 0.25) is 0 Å². The first kappa shape index (κ1) is 12.1. The summed E-state index contributed by atoms with van der Waals surface area (Å²) >= 11 is 0. The summed E-state index contributed by atoms with van der Waals surface area (Å²) in [5.74, 6) is 2.20. The molecule has 0 amide bonds. The van der Waals surface area contributed by atoms with E-state index in [1.54, 1.807) is 0 Å². The van der Waals surface area contributed by atoms with Gasteiger partial charge in [0, 0.05) is 0 Å². The Kier molecular flexibility index (Phi) is 4.67. The standard InChI is InChI=1S/C14H22O/c1-5-12(4)10-15-14-9-7-6-8-13(14)11(2)3/h6-9,11-12H,5,10H2,1-4H3. The molecule has 15 heavy (non-hydrogen) atoms. The van der Waals surface area contributed by atoms with E-state index in [0.29, 0.717) is 11.8 Å². The summed E-state index contributed by atoms with van der Waals surface area (Å²) in [6.07, 6.45) is 1.17. The minimum Gasteiger partial charge on any atom is -0.493 e. The minimum atomic E-state index is 0.526. The molecule has 0 heterocycles. The van der Waals surface area contributed by atoms with Crippen LogP contribution in [0.3, 0.4) is 0 Å². The number of hydrogen-bond acceptors (Lipinski definition) is 1. The summed E-state index contributed by atoms with van der Waals surface area (Å²) in [6, 6.07) is 8.33. The molecule has 0 aliphatic heterocycles. The summed E-state index contributed by atoms with van der Waals surface area (Å²) in [6.45, 7) is 9.64. The first-order valence-corrected chi connectivity index (χ1v) is 5.86. The quantitative estimate of drug-likeness (QED) is 0.700. The lowest BCUT2D eigenvalue weighted by Crippen LogP contribution is -2.08. The maximum atomic E-state index is 5.85. The molecule has 0 N–H and O–H groups in total. The van der Waals surface area contributed by atoms with E-state index in [2.05, 4.69) is 45.9 Å². The van der Waals surface area contributed by atoms with Crippen molar-refractivity contribution in [2.24, 2.45) is 5.92 Å². The number of benzene rings is 1. The molecule has 1 rings (SSSR count). The fraction of sp³-hybridized carbons (Fsp3) is 0.571. The van der Waals surface area contributed by atoms with Crippen LogP contribution in [0.5, 0.6) is 5.75 Å². The van der Waals surface area contributed by atoms with Gasteiger partial charge in [0.1, 0.15) is 5.75 Å². The SMILES string of the molecule is CCC(C)COc1ccccc1C(C)C. The zero-order valence-electron chi connectivity index (χ0n) is 10.3. The summed E-state index contributed by atoms with van der Waals surface area (Å²) in [5.41, 5.74) is 1.31. The molecule has 0 aliphatic carbocycles. The van der Waals surface area contributed by atoms with E-state index in [4.69, 9.17) is 4.74 Å². The molecule has 0 spiro atoms. The Morgan fingerprint density at radius 1 is 1.13 bits per heavy atom. The molecule has 1 unspecified atom stereocenters. The van der Waals surface area contributed by atoms with Crippen molar-refractivity contribution in [2.45, 2.75) is 40.0 Å². The van der Waals surface area contributed by atoms with Crippen molar-refractivity contribution in [1.82, 2.24) is 0 Å². The highest BCUT2D eigenvalue weighted by atomic mass is 16.5. The molecule has 1 atom stereocenters. The van der Waals surface area contributed by atoms with Gasteiger partial charge in [-0.2, -0.15) is 0 Å². The van der Waals surface area contributed by atoms with Crippen molar-refractivity contribution in [1.29, 1.82) is 0 Å². The van der Waals surface area contributed by atoms with Gasteiger partial charge < -0.3 is 4.74 Å². The Bertz CT molecular complexity index is 291. The van der Waals surface area contributed by atoms with Gasteiger partial charge in [-0.15, -0.1) is 0 Å². The number of para-hydroxylation sites is 1. The Labute approximate surface area is 93.5 Å². The molecular formula is C14H22O. The van der Waals surface area contributed by atoms with Crippen molar-refractivity contribution >= 4 is 0 Å². The van der Waals surface area contributed by atoms with Crippen molar-refractivity contribution in [3.8, 4) is 5.75 Å². The van der Waals surface area contributed by atoms with Crippen LogP contribution in [-0.2, 0) is 0 Å². The molecule has 0 bridgehead atoms. The lowest BCUT2D eigenvalue weighted by Gasteiger charge is -2.16. The normalized spacial score (nSPS) is 12.9. The predicted octanol–water partition coefficient (Wildman–Crippen LogP) is 4.23. The van der Waals surface area contributed by atoms with E-state index in [1.165, 1.54) is 12.0 Å². The zero-order valence-corrected chi connectivity index (χ0v) is 10.3. The first-order valence-electron chi connectivity index (χ1n) is 5.86. The number of rotatable bonds is 5. The second-order valence-electron chi connectivity index (χ2n) is 4.52. The van der Waals surface area contributed by atoms with Gasteiger partial charge >= 0.3 is 0 Å². The molecule has 0 aliphatic rings. The van der Waals surface area contributed by atoms with Gasteiger partial charge in [-0.05, 0) is 23.5 Å². The van der Waals surface area contributed by atoms with Crippen molar-refractivity contribution in [3.63, 3.8) is 0 Å². The molecule has 0 saturated carbocycles. The van der Waals surface area contributed by atoms with E-state index in [1.807, 2.05) is 6.07 Å². The maximum absolute atomic E-state index is 5.85. The van der Waals surface area contributed by atoms with E-state index < -0.39 is 0 Å². The summed E-state index contributed by atoms with van der Waals surface area (Å²) < 4.78 is 5.85. The maximum Gasteiger partial charge on any atom is 0.122 e. The Morgan fingerprint density at radius 3 is 2.40 bits per heavy atom. The van der Waals surface area contributed by atoms with E-state index in [-0.39, 0.29) is 0 Å². The lowest BCUT2D eigenvalue weighted by molar-refractivity contribution is 0.253. The fourth-order valence-electron chi connectivity index (χ4n) is 1.44. The van der Waals surface area contributed by atoms with E-state index in [9.17, 15) is 0 Å². The summed E-state index contributed by atoms with van der Waals surface area (Å²) in [5, 5.41) is 0. The van der Waals surface area contributed by atoms with Gasteiger partial charge in [0.25, 0.3) is 0 Å². The molecule has 0 saturated heterocycles. The molecular weight excluding hydrogens is 184 g/mol. The zero-order chi connectivity index (χ0) is 11.3. The summed E-state index contributed by atoms with van der Waals surface area (Å²) in [7, 11) is 0. The van der Waals surface area contributed by atoms with Crippen LogP contribution < -0.4 is 4.74 Å². The molecule has 0 aromatic heterocycles. The van der Waals surface area contributed by atoms with Crippen LogP contribution in [0.4, 0.5) is 0 Å². The fourth-order valence-corrected chi connectivity index (χ4v) is 1.44. The Hall–Kier alpha value is -0.980. The van der Waals surface area contributed by atoms with Gasteiger partial charge in [0.05, 0.1) is 6.61 Å². The van der Waals surface area contributed by atoms with E-state index in [0.717, 1.165) is 12.4 Å². The van der Waals surface area contributed by atoms with Crippen molar-refractivity contribution in [2.75, 3.05) is 6.61 Å². The van der Waals surface area contributed by atoms with Crippen LogP contribution in [0.25, 0.3) is 0 Å². The smallest absolute Gasteiger partial charge is 0.122 e. The highest BCUT2D eigenvalue weighted by molar-refractivity contribution is 5.35. The van der Waals surface area contributed by atoms with Crippen LogP contribution in [0.1, 0.15) is 45.6 Å². The third-order valence-electron chi connectivity index (χ3n) is 2.76. The van der Waals surface area contributed by atoms with E-state index >= 15 is 0 Å². The minimum absolute atomic E-state index is 0.526. The van der Waals surface area contributed by atoms with Gasteiger partial charge in [-0.1, -0.05) is 52.3 Å². The topological polar surface area (TPSA) is 9.23 Å². The molecule has 1 aromatic rings. The summed E-state index contributed by atoms with van der Waals surface area (Å²) in [4.78, 5) is 0. The number of hydrogen-bond donors (Lipinski definition) is 0. The second-order valence-corrected chi connectivity index (χ2v) is 4.52. The molecule has 0 fully saturated rings. The van der Waals surface area contributed by atoms with Crippen molar-refractivity contribution < 1.29 is 4.74 Å². The Morgan fingerprint density at radius 2 is 1.80 bits per heavy atom. The Balaban J connectivity index is 2.67. The highest BCUT2D eigenvalue weighted by Crippen LogP contribution is 2.26. The van der Waals surface area contributed by atoms with Crippen LogP contribution in [0.2, 0.25) is 0 Å². The predicted molar refractivity (Wildman–Crippen MR) is 65.5 cm³/mol. The lowest BCUT2D eigenvalue weighted by atomic mass is 10.0. The average molecular weight is 206 g/mol. The monoisotopic (exact) mass is 206 g/mol. The molecule has 1 heteroatoms. The third kappa shape index (κ3) is 3.58. The molecule has 1 aromatic carbocycles. The largest absolute Gasteiger partial charge is 0.493 e. The molecule has 84 valence electrons. The van der Waals surface area contributed by atoms with Crippen LogP contribution in [-0.4, -0.2) is 6.61 Å². The highest BCUT2D eigenvalue weighted by Gasteiger charge is 2.07. The number of ether oxygens (including phenoxy) is 1. The second kappa shape index (κ2) is 5.79. The van der Waals surface area contributed by atoms with Gasteiger partial charge in [0.15, 0.2) is 0 Å². The van der Waals surface area contributed by atoms with Crippen molar-refractivity contribution in [3.05, 3.63) is 29.8 Å². The van der Waals surface area contributed by atoms with Gasteiger partial charge in [-0.25, -0.2) is 0 Å². The van der Waals surface area contributed by atoms with Gasteiger partial charge in [-0.3, -0.25) is 0 Å². The molecule has 1 nitrogen and oxygen atoms in total. The third-order valence-corrected chi connectivity index (χ3v) is 2.76. The van der Waals surface area contributed by atoms with Crippen LogP contribution in [0, 0.1) is 5.92 Å².